The van der Waals surface area contributed by atoms with Crippen LogP contribution in [0, 0.1) is 0 Å². The number of likely N-dealkylation sites (N-methyl/N-ethyl adjacent to an activating group) is 1. The highest BCUT2D eigenvalue weighted by atomic mass is 16.2. The smallest absolute Gasteiger partial charge is 0.251 e. The molecule has 7 nitrogen and oxygen atoms in total. The zero-order valence-corrected chi connectivity index (χ0v) is 14.5. The molecule has 0 saturated heterocycles. The summed E-state index contributed by atoms with van der Waals surface area (Å²) < 4.78 is 0. The largest absolute Gasteiger partial charge is 0.355 e. The SMILES string of the molecule is CCCNC(=O)CNC(=O)CN(C)Cc1ccc(C(=O)NC)cc1. The van der Waals surface area contributed by atoms with Gasteiger partial charge in [-0.25, -0.2) is 0 Å². The molecule has 0 radical (unpaired) electrons. The van der Waals surface area contributed by atoms with Crippen molar-refractivity contribution in [3.63, 3.8) is 0 Å². The molecule has 0 saturated carbocycles. The molecule has 0 aliphatic rings. The highest BCUT2D eigenvalue weighted by Crippen LogP contribution is 2.06. The van der Waals surface area contributed by atoms with Crippen LogP contribution in [0.3, 0.4) is 0 Å². The number of nitrogens with one attached hydrogen (secondary N) is 3. The predicted octanol–water partition coefficient (Wildman–Crippen LogP) is 0.120. The van der Waals surface area contributed by atoms with Crippen LogP contribution < -0.4 is 16.0 Å². The first kappa shape index (κ1) is 19.6. The summed E-state index contributed by atoms with van der Waals surface area (Å²) >= 11 is 0. The molecule has 0 spiro atoms. The third-order valence-electron chi connectivity index (χ3n) is 3.33. The Morgan fingerprint density at radius 1 is 1.04 bits per heavy atom. The average Bonchev–Trinajstić information content (AvgIpc) is 2.57. The van der Waals surface area contributed by atoms with Crippen molar-refractivity contribution in [3.05, 3.63) is 35.4 Å². The average molecular weight is 334 g/mol. The monoisotopic (exact) mass is 334 g/mol. The van der Waals surface area contributed by atoms with E-state index in [0.29, 0.717) is 18.7 Å². The summed E-state index contributed by atoms with van der Waals surface area (Å²) in [5, 5.41) is 7.86. The van der Waals surface area contributed by atoms with Crippen molar-refractivity contribution in [2.24, 2.45) is 0 Å². The minimum Gasteiger partial charge on any atom is -0.355 e. The summed E-state index contributed by atoms with van der Waals surface area (Å²) in [6.45, 7) is 3.34. The fourth-order valence-corrected chi connectivity index (χ4v) is 2.08. The van der Waals surface area contributed by atoms with E-state index >= 15 is 0 Å². The van der Waals surface area contributed by atoms with E-state index in [9.17, 15) is 14.4 Å². The van der Waals surface area contributed by atoms with Crippen LogP contribution in [0.1, 0.15) is 29.3 Å². The van der Waals surface area contributed by atoms with Crippen LogP contribution in [0.5, 0.6) is 0 Å². The van der Waals surface area contributed by atoms with Crippen LogP contribution in [0.15, 0.2) is 24.3 Å². The van der Waals surface area contributed by atoms with Crippen LogP contribution in [0.25, 0.3) is 0 Å². The molecule has 1 rings (SSSR count). The molecule has 0 aliphatic heterocycles. The zero-order chi connectivity index (χ0) is 17.9. The molecule has 0 aliphatic carbocycles. The Labute approximate surface area is 142 Å². The molecular weight excluding hydrogens is 308 g/mol. The van der Waals surface area contributed by atoms with Gasteiger partial charge in [-0.15, -0.1) is 0 Å². The molecule has 0 heterocycles. The number of amides is 3. The standard InChI is InChI=1S/C17H26N4O3/c1-4-9-19-15(22)10-20-16(23)12-21(3)11-13-5-7-14(8-6-13)17(24)18-2/h5-8H,4,9-12H2,1-3H3,(H,18,24)(H,19,22)(H,20,23). The summed E-state index contributed by atoms with van der Waals surface area (Å²) in [5.74, 6) is -0.514. The van der Waals surface area contributed by atoms with Crippen molar-refractivity contribution in [2.45, 2.75) is 19.9 Å². The summed E-state index contributed by atoms with van der Waals surface area (Å²) in [6, 6.07) is 7.22. The fourth-order valence-electron chi connectivity index (χ4n) is 2.08. The van der Waals surface area contributed by atoms with Crippen molar-refractivity contribution < 1.29 is 14.4 Å². The van der Waals surface area contributed by atoms with Gasteiger partial charge in [-0.3, -0.25) is 19.3 Å². The number of benzene rings is 1. The first-order chi connectivity index (χ1) is 11.5. The minimum absolute atomic E-state index is 0.00645. The number of hydrogen-bond acceptors (Lipinski definition) is 4. The molecule has 24 heavy (non-hydrogen) atoms. The van der Waals surface area contributed by atoms with Gasteiger partial charge in [-0.05, 0) is 31.2 Å². The van der Waals surface area contributed by atoms with E-state index in [2.05, 4.69) is 16.0 Å². The molecule has 7 heteroatoms. The predicted molar refractivity (Wildman–Crippen MR) is 92.5 cm³/mol. The third kappa shape index (κ3) is 7.23. The second kappa shape index (κ2) is 10.4. The van der Waals surface area contributed by atoms with Gasteiger partial charge in [0.15, 0.2) is 0 Å². The van der Waals surface area contributed by atoms with Gasteiger partial charge >= 0.3 is 0 Å². The third-order valence-corrected chi connectivity index (χ3v) is 3.33. The Morgan fingerprint density at radius 3 is 2.29 bits per heavy atom. The molecule has 0 unspecified atom stereocenters. The minimum atomic E-state index is -0.203. The van der Waals surface area contributed by atoms with E-state index in [1.807, 2.05) is 31.0 Å². The van der Waals surface area contributed by atoms with E-state index < -0.39 is 0 Å². The normalized spacial score (nSPS) is 10.3. The number of hydrogen-bond donors (Lipinski definition) is 3. The number of carbonyl (C=O) groups is 3. The van der Waals surface area contributed by atoms with E-state index in [-0.39, 0.29) is 30.8 Å². The molecule has 0 atom stereocenters. The number of nitrogens with zero attached hydrogens (tertiary/aromatic N) is 1. The summed E-state index contributed by atoms with van der Waals surface area (Å²) in [6.07, 6.45) is 0.862. The van der Waals surface area contributed by atoms with Gasteiger partial charge in [0.05, 0.1) is 13.1 Å². The molecule has 0 aromatic heterocycles. The Bertz CT molecular complexity index is 557. The van der Waals surface area contributed by atoms with Gasteiger partial charge in [-0.2, -0.15) is 0 Å². The van der Waals surface area contributed by atoms with Gasteiger partial charge < -0.3 is 16.0 Å². The van der Waals surface area contributed by atoms with Crippen molar-refractivity contribution in [2.75, 3.05) is 33.7 Å². The van der Waals surface area contributed by atoms with Crippen LogP contribution in [0.4, 0.5) is 0 Å². The maximum Gasteiger partial charge on any atom is 0.251 e. The Hall–Kier alpha value is -2.41. The maximum absolute atomic E-state index is 11.8. The van der Waals surface area contributed by atoms with Crippen LogP contribution in [0.2, 0.25) is 0 Å². The lowest BCUT2D eigenvalue weighted by atomic mass is 10.1. The number of carbonyl (C=O) groups excluding carboxylic acids is 3. The van der Waals surface area contributed by atoms with E-state index in [4.69, 9.17) is 0 Å². The van der Waals surface area contributed by atoms with Crippen LogP contribution in [-0.2, 0) is 16.1 Å². The molecule has 3 N–H and O–H groups in total. The van der Waals surface area contributed by atoms with E-state index in [1.165, 1.54) is 0 Å². The molecule has 0 bridgehead atoms. The van der Waals surface area contributed by atoms with Crippen molar-refractivity contribution in [1.29, 1.82) is 0 Å². The lowest BCUT2D eigenvalue weighted by Crippen LogP contribution is -2.41. The number of rotatable bonds is 9. The lowest BCUT2D eigenvalue weighted by molar-refractivity contribution is -0.126. The second-order valence-corrected chi connectivity index (χ2v) is 5.58. The summed E-state index contributed by atoms with van der Waals surface area (Å²) in [4.78, 5) is 36.6. The fraction of sp³-hybridized carbons (Fsp3) is 0.471. The molecule has 1 aromatic carbocycles. The summed E-state index contributed by atoms with van der Waals surface area (Å²) in [5.41, 5.74) is 1.60. The second-order valence-electron chi connectivity index (χ2n) is 5.58. The van der Waals surface area contributed by atoms with Crippen LogP contribution in [-0.4, -0.2) is 56.4 Å². The highest BCUT2D eigenvalue weighted by molar-refractivity contribution is 5.93. The quantitative estimate of drug-likeness (QED) is 0.598. The van der Waals surface area contributed by atoms with Gasteiger partial charge in [-0.1, -0.05) is 19.1 Å². The first-order valence-corrected chi connectivity index (χ1v) is 7.99. The van der Waals surface area contributed by atoms with E-state index in [1.54, 1.807) is 19.2 Å². The van der Waals surface area contributed by atoms with Gasteiger partial charge in [0, 0.05) is 25.7 Å². The molecule has 0 fully saturated rings. The molecular formula is C17H26N4O3. The van der Waals surface area contributed by atoms with Gasteiger partial charge in [0.1, 0.15) is 0 Å². The molecule has 1 aromatic rings. The highest BCUT2D eigenvalue weighted by Gasteiger charge is 2.09. The lowest BCUT2D eigenvalue weighted by Gasteiger charge is -2.16. The molecule has 3 amide bonds. The van der Waals surface area contributed by atoms with Crippen molar-refractivity contribution in [3.8, 4) is 0 Å². The summed E-state index contributed by atoms with van der Waals surface area (Å²) in [7, 11) is 3.41. The molecule has 132 valence electrons. The Balaban J connectivity index is 2.37. The topological polar surface area (TPSA) is 90.5 Å². The van der Waals surface area contributed by atoms with Crippen molar-refractivity contribution in [1.82, 2.24) is 20.9 Å². The van der Waals surface area contributed by atoms with Gasteiger partial charge in [0.2, 0.25) is 11.8 Å². The van der Waals surface area contributed by atoms with Crippen LogP contribution >= 0.6 is 0 Å². The Morgan fingerprint density at radius 2 is 1.71 bits per heavy atom. The Kier molecular flexibility index (Phi) is 8.49. The van der Waals surface area contributed by atoms with Crippen molar-refractivity contribution >= 4 is 17.7 Å². The van der Waals surface area contributed by atoms with E-state index in [0.717, 1.165) is 12.0 Å². The van der Waals surface area contributed by atoms with Gasteiger partial charge in [0.25, 0.3) is 5.91 Å². The first-order valence-electron chi connectivity index (χ1n) is 7.99. The zero-order valence-electron chi connectivity index (χ0n) is 14.5. The maximum atomic E-state index is 11.8.